The highest BCUT2D eigenvalue weighted by molar-refractivity contribution is 5.84. The van der Waals surface area contributed by atoms with Gasteiger partial charge in [-0.05, 0) is 36.2 Å². The summed E-state index contributed by atoms with van der Waals surface area (Å²) in [7, 11) is 0. The predicted octanol–water partition coefficient (Wildman–Crippen LogP) is 3.59. The van der Waals surface area contributed by atoms with Gasteiger partial charge in [-0.3, -0.25) is 0 Å². The first kappa shape index (κ1) is 10.9. The Balaban J connectivity index is 2.44. The number of hydrogen-bond acceptors (Lipinski definition) is 1. The summed E-state index contributed by atoms with van der Waals surface area (Å²) in [5, 5.41) is 2.55. The molecule has 1 heteroatoms. The molecule has 2 N–H and O–H groups in total. The van der Waals surface area contributed by atoms with Gasteiger partial charge < -0.3 is 5.73 Å². The molecule has 2 aromatic carbocycles. The fourth-order valence-corrected chi connectivity index (χ4v) is 1.69. The molecular weight excluding hydrogens is 194 g/mol. The molecule has 0 spiro atoms. The molecule has 0 aliphatic carbocycles. The first-order valence-corrected chi connectivity index (χ1v) is 5.59. The van der Waals surface area contributed by atoms with E-state index in [4.69, 9.17) is 5.73 Å². The van der Waals surface area contributed by atoms with Gasteiger partial charge in [0.05, 0.1) is 0 Å². The lowest BCUT2D eigenvalue weighted by Gasteiger charge is -2.06. The molecule has 82 valence electrons. The Bertz CT molecular complexity index is 524. The standard InChI is InChI=1S/C15H17N/c1-11(12(2)16)9-13-7-8-14-5-3-4-6-15(14)10-13/h3-10,12H,16H2,1-2H3/b11-9+/t12-/m1/s1. The summed E-state index contributed by atoms with van der Waals surface area (Å²) in [6.07, 6.45) is 2.15. The highest BCUT2D eigenvalue weighted by Crippen LogP contribution is 2.17. The van der Waals surface area contributed by atoms with Crippen LogP contribution in [0.25, 0.3) is 16.8 Å². The minimum Gasteiger partial charge on any atom is -0.324 e. The third-order valence-electron chi connectivity index (χ3n) is 2.89. The van der Waals surface area contributed by atoms with E-state index < -0.39 is 0 Å². The van der Waals surface area contributed by atoms with E-state index >= 15 is 0 Å². The third kappa shape index (κ3) is 2.31. The van der Waals surface area contributed by atoms with E-state index in [0.717, 1.165) is 0 Å². The third-order valence-corrected chi connectivity index (χ3v) is 2.89. The van der Waals surface area contributed by atoms with Gasteiger partial charge in [0.25, 0.3) is 0 Å². The Labute approximate surface area is 96.6 Å². The van der Waals surface area contributed by atoms with Crippen LogP contribution in [0.5, 0.6) is 0 Å². The van der Waals surface area contributed by atoms with Crippen LogP contribution < -0.4 is 5.73 Å². The zero-order chi connectivity index (χ0) is 11.5. The van der Waals surface area contributed by atoms with E-state index in [1.54, 1.807) is 0 Å². The Morgan fingerprint density at radius 2 is 1.81 bits per heavy atom. The van der Waals surface area contributed by atoms with Crippen LogP contribution in [0.3, 0.4) is 0 Å². The maximum Gasteiger partial charge on any atom is 0.0225 e. The van der Waals surface area contributed by atoms with Gasteiger partial charge in [-0.15, -0.1) is 0 Å². The summed E-state index contributed by atoms with van der Waals surface area (Å²) in [4.78, 5) is 0. The smallest absolute Gasteiger partial charge is 0.0225 e. The van der Waals surface area contributed by atoms with E-state index in [0.29, 0.717) is 0 Å². The van der Waals surface area contributed by atoms with E-state index in [2.05, 4.69) is 55.5 Å². The SMILES string of the molecule is C/C(=C\c1ccc2ccccc2c1)[C@@H](C)N. The summed E-state index contributed by atoms with van der Waals surface area (Å²) in [5.41, 5.74) is 8.25. The molecule has 0 aromatic heterocycles. The molecule has 0 saturated carbocycles. The Morgan fingerprint density at radius 1 is 1.12 bits per heavy atom. The second-order valence-electron chi connectivity index (χ2n) is 4.28. The molecule has 0 heterocycles. The molecule has 0 unspecified atom stereocenters. The lowest BCUT2D eigenvalue weighted by molar-refractivity contribution is 0.868. The minimum atomic E-state index is 0.117. The summed E-state index contributed by atoms with van der Waals surface area (Å²) in [6.45, 7) is 4.08. The number of rotatable bonds is 2. The van der Waals surface area contributed by atoms with Crippen LogP contribution in [0, 0.1) is 0 Å². The largest absolute Gasteiger partial charge is 0.324 e. The zero-order valence-corrected chi connectivity index (χ0v) is 9.77. The summed E-state index contributed by atoms with van der Waals surface area (Å²) < 4.78 is 0. The average molecular weight is 211 g/mol. The first-order valence-electron chi connectivity index (χ1n) is 5.59. The Kier molecular flexibility index (Phi) is 3.07. The van der Waals surface area contributed by atoms with E-state index in [-0.39, 0.29) is 6.04 Å². The van der Waals surface area contributed by atoms with Crippen molar-refractivity contribution in [3.63, 3.8) is 0 Å². The fourth-order valence-electron chi connectivity index (χ4n) is 1.69. The Hall–Kier alpha value is -1.60. The zero-order valence-electron chi connectivity index (χ0n) is 9.77. The van der Waals surface area contributed by atoms with E-state index in [1.807, 2.05) is 6.92 Å². The average Bonchev–Trinajstić information content (AvgIpc) is 2.28. The second kappa shape index (κ2) is 4.50. The van der Waals surface area contributed by atoms with Crippen molar-refractivity contribution < 1.29 is 0 Å². The van der Waals surface area contributed by atoms with Crippen molar-refractivity contribution in [1.82, 2.24) is 0 Å². The molecule has 0 aliphatic rings. The summed E-state index contributed by atoms with van der Waals surface area (Å²) >= 11 is 0. The fraction of sp³-hybridized carbons (Fsp3) is 0.200. The number of benzene rings is 2. The van der Waals surface area contributed by atoms with Gasteiger partial charge in [0.1, 0.15) is 0 Å². The topological polar surface area (TPSA) is 26.0 Å². The molecule has 0 saturated heterocycles. The quantitative estimate of drug-likeness (QED) is 0.807. The molecule has 0 radical (unpaired) electrons. The lowest BCUT2D eigenvalue weighted by atomic mass is 10.0. The van der Waals surface area contributed by atoms with Gasteiger partial charge >= 0.3 is 0 Å². The van der Waals surface area contributed by atoms with Crippen molar-refractivity contribution in [2.24, 2.45) is 5.73 Å². The maximum atomic E-state index is 5.83. The molecule has 0 fully saturated rings. The predicted molar refractivity (Wildman–Crippen MR) is 71.2 cm³/mol. The number of nitrogens with two attached hydrogens (primary N) is 1. The van der Waals surface area contributed by atoms with Gasteiger partial charge in [0.2, 0.25) is 0 Å². The maximum absolute atomic E-state index is 5.83. The van der Waals surface area contributed by atoms with E-state index in [1.165, 1.54) is 21.9 Å². The molecule has 2 rings (SSSR count). The first-order chi connectivity index (χ1) is 7.66. The van der Waals surface area contributed by atoms with Crippen LogP contribution in [0.4, 0.5) is 0 Å². The summed E-state index contributed by atoms with van der Waals surface area (Å²) in [5.74, 6) is 0. The van der Waals surface area contributed by atoms with Gasteiger partial charge in [-0.25, -0.2) is 0 Å². The molecule has 0 aliphatic heterocycles. The molecular formula is C15H17N. The van der Waals surface area contributed by atoms with Crippen LogP contribution in [0.1, 0.15) is 19.4 Å². The second-order valence-corrected chi connectivity index (χ2v) is 4.28. The normalized spacial score (nSPS) is 14.1. The monoisotopic (exact) mass is 211 g/mol. The lowest BCUT2D eigenvalue weighted by Crippen LogP contribution is -2.15. The van der Waals surface area contributed by atoms with Crippen LogP contribution in [-0.4, -0.2) is 6.04 Å². The van der Waals surface area contributed by atoms with Gasteiger partial charge in [-0.2, -0.15) is 0 Å². The molecule has 0 amide bonds. The van der Waals surface area contributed by atoms with Crippen molar-refractivity contribution >= 4 is 16.8 Å². The number of fused-ring (bicyclic) bond motifs is 1. The van der Waals surface area contributed by atoms with Crippen LogP contribution in [0.15, 0.2) is 48.0 Å². The van der Waals surface area contributed by atoms with Crippen LogP contribution in [0.2, 0.25) is 0 Å². The van der Waals surface area contributed by atoms with Gasteiger partial charge in [0, 0.05) is 6.04 Å². The molecule has 1 nitrogen and oxygen atoms in total. The molecule has 0 bridgehead atoms. The van der Waals surface area contributed by atoms with Crippen molar-refractivity contribution in [1.29, 1.82) is 0 Å². The highest BCUT2D eigenvalue weighted by Gasteiger charge is 1.98. The van der Waals surface area contributed by atoms with Crippen molar-refractivity contribution in [2.45, 2.75) is 19.9 Å². The summed E-state index contributed by atoms with van der Waals surface area (Å²) in [6, 6.07) is 15.0. The number of hydrogen-bond donors (Lipinski definition) is 1. The van der Waals surface area contributed by atoms with Crippen LogP contribution >= 0.6 is 0 Å². The minimum absolute atomic E-state index is 0.117. The highest BCUT2D eigenvalue weighted by atomic mass is 14.6. The Morgan fingerprint density at radius 3 is 2.50 bits per heavy atom. The van der Waals surface area contributed by atoms with Crippen molar-refractivity contribution in [3.8, 4) is 0 Å². The molecule has 2 aromatic rings. The van der Waals surface area contributed by atoms with Gasteiger partial charge in [0.15, 0.2) is 0 Å². The van der Waals surface area contributed by atoms with E-state index in [9.17, 15) is 0 Å². The van der Waals surface area contributed by atoms with Crippen LogP contribution in [-0.2, 0) is 0 Å². The van der Waals surface area contributed by atoms with Gasteiger partial charge in [-0.1, -0.05) is 48.0 Å². The molecule has 16 heavy (non-hydrogen) atoms. The van der Waals surface area contributed by atoms with Crippen molar-refractivity contribution in [2.75, 3.05) is 0 Å². The van der Waals surface area contributed by atoms with Crippen molar-refractivity contribution in [3.05, 3.63) is 53.6 Å². The molecule has 1 atom stereocenters.